The summed E-state index contributed by atoms with van der Waals surface area (Å²) in [6, 6.07) is 5.34. The molecule has 0 spiro atoms. The van der Waals surface area contributed by atoms with Gasteiger partial charge in [0.1, 0.15) is 0 Å². The number of aliphatic hydroxyl groups is 1. The highest BCUT2D eigenvalue weighted by molar-refractivity contribution is 7.91. The molecule has 0 aliphatic rings. The molecule has 2 aromatic rings. The highest BCUT2D eigenvalue weighted by atomic mass is 32.2. The summed E-state index contributed by atoms with van der Waals surface area (Å²) < 4.78 is 75.0. The van der Waals surface area contributed by atoms with Gasteiger partial charge in [-0.1, -0.05) is 0 Å². The normalized spacial score (nSPS) is 12.4. The highest BCUT2D eigenvalue weighted by Crippen LogP contribution is 2.26. The zero-order valence-electron chi connectivity index (χ0n) is 12.7. The number of hydrogen-bond acceptors (Lipinski definition) is 6. The zero-order chi connectivity index (χ0) is 19.5. The van der Waals surface area contributed by atoms with Gasteiger partial charge in [0, 0.05) is 18.1 Å². The molecule has 0 bridgehead atoms. The fourth-order valence-corrected chi connectivity index (χ4v) is 2.88. The van der Waals surface area contributed by atoms with Crippen LogP contribution in [0.15, 0.2) is 52.8 Å². The molecule has 140 valence electrons. The van der Waals surface area contributed by atoms with Crippen molar-refractivity contribution in [3.63, 3.8) is 0 Å². The van der Waals surface area contributed by atoms with E-state index >= 15 is 0 Å². The number of aromatic nitrogens is 2. The number of sulfone groups is 1. The van der Waals surface area contributed by atoms with Gasteiger partial charge in [0.15, 0.2) is 0 Å². The van der Waals surface area contributed by atoms with Gasteiger partial charge in [-0.2, -0.15) is 0 Å². The van der Waals surface area contributed by atoms with Crippen molar-refractivity contribution < 1.29 is 35.9 Å². The third-order valence-electron chi connectivity index (χ3n) is 3.23. The lowest BCUT2D eigenvalue weighted by Gasteiger charge is -2.24. The molecule has 2 N–H and O–H groups in total. The largest absolute Gasteiger partial charge is 0.371 e. The Morgan fingerprint density at radius 2 is 1.54 bits per heavy atom. The van der Waals surface area contributed by atoms with E-state index in [9.17, 15) is 35.9 Å². The standard InChI is InChI=1S/C14H11F4N3O4S/c15-10(16)14(23,11(17)18)12(22)21-8-2-4-9(5-3-8)26(24,25)13-19-6-1-7-20-13/h1-7,10-11,23H,(H,21,22). The second-order valence-electron chi connectivity index (χ2n) is 4.94. The molecule has 26 heavy (non-hydrogen) atoms. The van der Waals surface area contributed by atoms with Gasteiger partial charge >= 0.3 is 0 Å². The first-order chi connectivity index (χ1) is 12.1. The van der Waals surface area contributed by atoms with Gasteiger partial charge < -0.3 is 10.4 Å². The van der Waals surface area contributed by atoms with E-state index in [1.54, 1.807) is 5.32 Å². The van der Waals surface area contributed by atoms with E-state index in [2.05, 4.69) is 9.97 Å². The maximum absolute atomic E-state index is 12.6. The molecule has 2 rings (SSSR count). The molecule has 0 saturated carbocycles. The van der Waals surface area contributed by atoms with Gasteiger partial charge in [0.25, 0.3) is 29.5 Å². The van der Waals surface area contributed by atoms with E-state index in [1.165, 1.54) is 18.5 Å². The van der Waals surface area contributed by atoms with Gasteiger partial charge in [0.2, 0.25) is 9.84 Å². The number of carbonyl (C=O) groups is 1. The van der Waals surface area contributed by atoms with E-state index in [-0.39, 0.29) is 10.6 Å². The van der Waals surface area contributed by atoms with Crippen LogP contribution in [0.25, 0.3) is 0 Å². The van der Waals surface area contributed by atoms with Crippen molar-refractivity contribution in [2.75, 3.05) is 5.32 Å². The zero-order valence-corrected chi connectivity index (χ0v) is 13.5. The Labute approximate surface area is 144 Å². The molecule has 1 aromatic carbocycles. The van der Waals surface area contributed by atoms with E-state index in [0.717, 1.165) is 24.3 Å². The number of nitrogens with zero attached hydrogens (tertiary/aromatic N) is 2. The molecular weight excluding hydrogens is 382 g/mol. The second-order valence-corrected chi connectivity index (χ2v) is 6.78. The van der Waals surface area contributed by atoms with Crippen molar-refractivity contribution in [2.24, 2.45) is 0 Å². The molecule has 1 aromatic heterocycles. The second kappa shape index (κ2) is 7.33. The monoisotopic (exact) mass is 393 g/mol. The van der Waals surface area contributed by atoms with E-state index in [0.29, 0.717) is 0 Å². The Morgan fingerprint density at radius 1 is 1.04 bits per heavy atom. The molecule has 0 saturated heterocycles. The fraction of sp³-hybridized carbons (Fsp3) is 0.214. The average Bonchev–Trinajstić information content (AvgIpc) is 2.61. The molecule has 0 unspecified atom stereocenters. The van der Waals surface area contributed by atoms with Crippen molar-refractivity contribution in [1.29, 1.82) is 0 Å². The minimum absolute atomic E-state index is 0.275. The van der Waals surface area contributed by atoms with E-state index in [1.807, 2.05) is 0 Å². The lowest BCUT2D eigenvalue weighted by atomic mass is 10.0. The smallest absolute Gasteiger partial charge is 0.281 e. The molecule has 1 amide bonds. The van der Waals surface area contributed by atoms with Crippen LogP contribution in [-0.2, 0) is 14.6 Å². The SMILES string of the molecule is O=C(Nc1ccc(S(=O)(=O)c2ncccn2)cc1)C(O)(C(F)F)C(F)F. The number of hydrogen-bond donors (Lipinski definition) is 2. The van der Waals surface area contributed by atoms with E-state index < -0.39 is 39.4 Å². The van der Waals surface area contributed by atoms with E-state index in [4.69, 9.17) is 0 Å². The van der Waals surface area contributed by atoms with Gasteiger partial charge in [-0.3, -0.25) is 4.79 Å². The molecule has 0 aliphatic carbocycles. The number of rotatable bonds is 6. The van der Waals surface area contributed by atoms with Crippen LogP contribution in [0.2, 0.25) is 0 Å². The first-order valence-corrected chi connectivity index (χ1v) is 8.30. The van der Waals surface area contributed by atoms with Gasteiger partial charge in [-0.25, -0.2) is 35.9 Å². The first-order valence-electron chi connectivity index (χ1n) is 6.82. The topological polar surface area (TPSA) is 109 Å². The Hall–Kier alpha value is -2.60. The number of carbonyl (C=O) groups excluding carboxylic acids is 1. The number of amides is 1. The van der Waals surface area contributed by atoms with Crippen LogP contribution in [0.4, 0.5) is 23.2 Å². The number of anilines is 1. The predicted octanol–water partition coefficient (Wildman–Crippen LogP) is 1.51. The number of halogens is 4. The van der Waals surface area contributed by atoms with Crippen molar-refractivity contribution in [2.45, 2.75) is 28.5 Å². The summed E-state index contributed by atoms with van der Waals surface area (Å²) in [6.45, 7) is 0. The fourth-order valence-electron chi connectivity index (χ4n) is 1.77. The van der Waals surface area contributed by atoms with Crippen molar-refractivity contribution in [3.05, 3.63) is 42.7 Å². The Balaban J connectivity index is 2.24. The lowest BCUT2D eigenvalue weighted by molar-refractivity contribution is -0.184. The van der Waals surface area contributed by atoms with Crippen LogP contribution in [0.3, 0.4) is 0 Å². The average molecular weight is 393 g/mol. The molecule has 0 fully saturated rings. The maximum atomic E-state index is 12.6. The van der Waals surface area contributed by atoms with Gasteiger partial charge in [0.05, 0.1) is 4.90 Å². The molecule has 0 radical (unpaired) electrons. The molecule has 0 atom stereocenters. The summed E-state index contributed by atoms with van der Waals surface area (Å²) in [4.78, 5) is 18.5. The summed E-state index contributed by atoms with van der Waals surface area (Å²) in [7, 11) is -4.06. The minimum Gasteiger partial charge on any atom is -0.371 e. The first kappa shape index (κ1) is 19.7. The maximum Gasteiger partial charge on any atom is 0.281 e. The van der Waals surface area contributed by atoms with Crippen LogP contribution < -0.4 is 5.32 Å². The van der Waals surface area contributed by atoms with Gasteiger partial charge in [-0.05, 0) is 30.3 Å². The molecular formula is C14H11F4N3O4S. The minimum atomic E-state index is -4.19. The van der Waals surface area contributed by atoms with Crippen LogP contribution in [0.5, 0.6) is 0 Å². The summed E-state index contributed by atoms with van der Waals surface area (Å²) in [6.07, 6.45) is -5.64. The van der Waals surface area contributed by atoms with Crippen LogP contribution in [-0.4, -0.2) is 47.9 Å². The predicted molar refractivity (Wildman–Crippen MR) is 79.5 cm³/mol. The van der Waals surface area contributed by atoms with Crippen LogP contribution in [0, 0.1) is 0 Å². The number of nitrogens with one attached hydrogen (secondary N) is 1. The molecule has 1 heterocycles. The summed E-state index contributed by atoms with van der Waals surface area (Å²) in [5, 5.41) is 10.4. The Bertz CT molecular complexity index is 869. The molecule has 0 aliphatic heterocycles. The Morgan fingerprint density at radius 3 is 2.00 bits per heavy atom. The van der Waals surface area contributed by atoms with Crippen LogP contribution in [0.1, 0.15) is 0 Å². The van der Waals surface area contributed by atoms with Crippen LogP contribution >= 0.6 is 0 Å². The number of benzene rings is 1. The molecule has 7 nitrogen and oxygen atoms in total. The summed E-state index contributed by atoms with van der Waals surface area (Å²) in [5.74, 6) is -2.02. The third kappa shape index (κ3) is 3.65. The van der Waals surface area contributed by atoms with Gasteiger partial charge in [-0.15, -0.1) is 0 Å². The third-order valence-corrected chi connectivity index (χ3v) is 4.82. The Kier molecular flexibility index (Phi) is 5.56. The molecule has 12 heteroatoms. The summed E-state index contributed by atoms with van der Waals surface area (Å²) >= 11 is 0. The quantitative estimate of drug-likeness (QED) is 0.569. The summed E-state index contributed by atoms with van der Waals surface area (Å²) in [5.41, 5.74) is -4.47. The van der Waals surface area contributed by atoms with Crippen molar-refractivity contribution in [3.8, 4) is 0 Å². The number of alkyl halides is 4. The van der Waals surface area contributed by atoms with Crippen molar-refractivity contribution in [1.82, 2.24) is 9.97 Å². The van der Waals surface area contributed by atoms with Crippen molar-refractivity contribution >= 4 is 21.4 Å². The highest BCUT2D eigenvalue weighted by Gasteiger charge is 2.54. The lowest BCUT2D eigenvalue weighted by Crippen LogP contribution is -2.54.